The number of Topliss-reactive ketones (excluding diaryl/α,β-unsaturated/α-hetero) is 1. The summed E-state index contributed by atoms with van der Waals surface area (Å²) in [6, 6.07) is 10.0. The van der Waals surface area contributed by atoms with Gasteiger partial charge in [-0.2, -0.15) is 0 Å². The maximum atomic E-state index is 12.1. The van der Waals surface area contributed by atoms with Crippen molar-refractivity contribution in [2.24, 2.45) is 0 Å². The lowest BCUT2D eigenvalue weighted by Crippen LogP contribution is -2.32. The summed E-state index contributed by atoms with van der Waals surface area (Å²) >= 11 is 0. The summed E-state index contributed by atoms with van der Waals surface area (Å²) in [4.78, 5) is 14.4. The lowest BCUT2D eigenvalue weighted by molar-refractivity contribution is -0.119. The van der Waals surface area contributed by atoms with Crippen molar-refractivity contribution in [3.8, 4) is 0 Å². The van der Waals surface area contributed by atoms with Gasteiger partial charge in [-0.3, -0.25) is 9.69 Å². The highest BCUT2D eigenvalue weighted by Gasteiger charge is 2.10. The lowest BCUT2D eigenvalue weighted by atomic mass is 10.1. The summed E-state index contributed by atoms with van der Waals surface area (Å²) in [6.45, 7) is 7.11. The van der Waals surface area contributed by atoms with Gasteiger partial charge in [0.05, 0.1) is 6.54 Å². The summed E-state index contributed by atoms with van der Waals surface area (Å²) in [5.74, 6) is 0.332. The first-order valence-electron chi connectivity index (χ1n) is 7.54. The van der Waals surface area contributed by atoms with E-state index in [1.165, 1.54) is 25.7 Å². The van der Waals surface area contributed by atoms with Crippen molar-refractivity contribution in [2.45, 2.75) is 46.0 Å². The Morgan fingerprint density at radius 2 is 1.58 bits per heavy atom. The van der Waals surface area contributed by atoms with Gasteiger partial charge in [0.1, 0.15) is 0 Å². The van der Waals surface area contributed by atoms with Crippen molar-refractivity contribution in [3.63, 3.8) is 0 Å². The minimum Gasteiger partial charge on any atom is -0.298 e. The Morgan fingerprint density at radius 1 is 1.00 bits per heavy atom. The monoisotopic (exact) mass is 261 g/mol. The van der Waals surface area contributed by atoms with E-state index in [4.69, 9.17) is 0 Å². The molecular formula is C17H27NO. The van der Waals surface area contributed by atoms with Gasteiger partial charge in [-0.05, 0) is 31.5 Å². The zero-order valence-electron chi connectivity index (χ0n) is 12.4. The van der Waals surface area contributed by atoms with Crippen LogP contribution in [0.25, 0.3) is 0 Å². The van der Waals surface area contributed by atoms with Crippen molar-refractivity contribution in [1.82, 2.24) is 4.90 Å². The second-order valence-electron chi connectivity index (χ2n) is 5.18. The molecule has 19 heavy (non-hydrogen) atoms. The van der Waals surface area contributed by atoms with Gasteiger partial charge in [-0.25, -0.2) is 0 Å². The number of carbonyl (C=O) groups is 1. The van der Waals surface area contributed by atoms with Crippen LogP contribution in [0.15, 0.2) is 30.3 Å². The average Bonchev–Trinajstić information content (AvgIpc) is 2.43. The van der Waals surface area contributed by atoms with Crippen LogP contribution >= 0.6 is 0 Å². The number of carbonyl (C=O) groups excluding carboxylic acids is 1. The molecule has 2 heteroatoms. The van der Waals surface area contributed by atoms with Crippen LogP contribution in [0.4, 0.5) is 0 Å². The number of rotatable bonds is 10. The number of ketones is 1. The van der Waals surface area contributed by atoms with E-state index in [0.29, 0.717) is 18.7 Å². The first-order valence-corrected chi connectivity index (χ1v) is 7.54. The third-order valence-corrected chi connectivity index (χ3v) is 3.30. The highest BCUT2D eigenvalue weighted by atomic mass is 16.1. The molecule has 0 unspecified atom stereocenters. The summed E-state index contributed by atoms with van der Waals surface area (Å²) in [6.07, 6.45) is 5.31. The van der Waals surface area contributed by atoms with E-state index >= 15 is 0 Å². The Labute approximate surface area is 117 Å². The zero-order valence-corrected chi connectivity index (χ0v) is 12.4. The van der Waals surface area contributed by atoms with Crippen molar-refractivity contribution < 1.29 is 4.79 Å². The fourth-order valence-corrected chi connectivity index (χ4v) is 2.16. The zero-order chi connectivity index (χ0) is 13.9. The van der Waals surface area contributed by atoms with Crippen molar-refractivity contribution in [3.05, 3.63) is 35.9 Å². The van der Waals surface area contributed by atoms with Gasteiger partial charge in [0, 0.05) is 6.42 Å². The minimum absolute atomic E-state index is 0.332. The molecule has 0 saturated heterocycles. The molecule has 1 aromatic rings. The Balaban J connectivity index is 2.41. The van der Waals surface area contributed by atoms with Crippen LogP contribution in [0, 0.1) is 0 Å². The molecule has 1 rings (SSSR count). The third kappa shape index (κ3) is 7.12. The quantitative estimate of drug-likeness (QED) is 0.640. The van der Waals surface area contributed by atoms with Gasteiger partial charge in [0.25, 0.3) is 0 Å². The molecule has 0 saturated carbocycles. The molecule has 0 spiro atoms. The van der Waals surface area contributed by atoms with E-state index in [-0.39, 0.29) is 0 Å². The molecule has 2 nitrogen and oxygen atoms in total. The standard InChI is InChI=1S/C17H27NO/c1-3-5-12-18(13-6-4-2)15-17(19)14-16-10-8-7-9-11-16/h7-11H,3-6,12-15H2,1-2H3. The number of hydrogen-bond acceptors (Lipinski definition) is 2. The number of nitrogens with zero attached hydrogens (tertiary/aromatic N) is 1. The predicted molar refractivity (Wildman–Crippen MR) is 81.4 cm³/mol. The molecule has 0 aromatic heterocycles. The van der Waals surface area contributed by atoms with Gasteiger partial charge in [0.2, 0.25) is 0 Å². The normalized spacial score (nSPS) is 10.9. The van der Waals surface area contributed by atoms with E-state index in [0.717, 1.165) is 18.7 Å². The van der Waals surface area contributed by atoms with Gasteiger partial charge < -0.3 is 0 Å². The van der Waals surface area contributed by atoms with Crippen molar-refractivity contribution in [1.29, 1.82) is 0 Å². The van der Waals surface area contributed by atoms with E-state index < -0.39 is 0 Å². The van der Waals surface area contributed by atoms with Crippen LogP contribution in [0.3, 0.4) is 0 Å². The highest BCUT2D eigenvalue weighted by Crippen LogP contribution is 2.04. The Bertz CT molecular complexity index is 340. The highest BCUT2D eigenvalue weighted by molar-refractivity contribution is 5.82. The number of hydrogen-bond donors (Lipinski definition) is 0. The van der Waals surface area contributed by atoms with Gasteiger partial charge in [-0.15, -0.1) is 0 Å². The van der Waals surface area contributed by atoms with E-state index in [1.807, 2.05) is 30.3 Å². The summed E-state index contributed by atoms with van der Waals surface area (Å²) < 4.78 is 0. The Morgan fingerprint density at radius 3 is 2.11 bits per heavy atom. The largest absolute Gasteiger partial charge is 0.298 e. The molecule has 0 amide bonds. The average molecular weight is 261 g/mol. The molecular weight excluding hydrogens is 234 g/mol. The van der Waals surface area contributed by atoms with Gasteiger partial charge in [0.15, 0.2) is 5.78 Å². The van der Waals surface area contributed by atoms with Crippen molar-refractivity contribution in [2.75, 3.05) is 19.6 Å². The van der Waals surface area contributed by atoms with Crippen LogP contribution in [-0.2, 0) is 11.2 Å². The first-order chi connectivity index (χ1) is 9.26. The molecule has 0 aliphatic heterocycles. The SMILES string of the molecule is CCCCN(CCCC)CC(=O)Cc1ccccc1. The molecule has 0 fully saturated rings. The fraction of sp³-hybridized carbons (Fsp3) is 0.588. The summed E-state index contributed by atoms with van der Waals surface area (Å²) in [7, 11) is 0. The molecule has 0 N–H and O–H groups in total. The summed E-state index contributed by atoms with van der Waals surface area (Å²) in [5, 5.41) is 0. The van der Waals surface area contributed by atoms with Crippen LogP contribution in [-0.4, -0.2) is 30.3 Å². The van der Waals surface area contributed by atoms with Crippen LogP contribution in [0.1, 0.15) is 45.1 Å². The van der Waals surface area contributed by atoms with Crippen LogP contribution in [0.5, 0.6) is 0 Å². The second-order valence-corrected chi connectivity index (χ2v) is 5.18. The molecule has 0 atom stereocenters. The van der Waals surface area contributed by atoms with E-state index in [1.54, 1.807) is 0 Å². The lowest BCUT2D eigenvalue weighted by Gasteiger charge is -2.21. The molecule has 0 bridgehead atoms. The third-order valence-electron chi connectivity index (χ3n) is 3.30. The molecule has 0 aliphatic rings. The molecule has 0 radical (unpaired) electrons. The molecule has 1 aromatic carbocycles. The maximum Gasteiger partial charge on any atom is 0.151 e. The Kier molecular flexibility index (Phi) is 8.15. The molecule has 106 valence electrons. The topological polar surface area (TPSA) is 20.3 Å². The van der Waals surface area contributed by atoms with Gasteiger partial charge in [-0.1, -0.05) is 57.0 Å². The molecule has 0 aliphatic carbocycles. The fourth-order valence-electron chi connectivity index (χ4n) is 2.16. The minimum atomic E-state index is 0.332. The second kappa shape index (κ2) is 9.74. The van der Waals surface area contributed by atoms with Crippen molar-refractivity contribution >= 4 is 5.78 Å². The number of benzene rings is 1. The molecule has 0 heterocycles. The number of unbranched alkanes of at least 4 members (excludes halogenated alkanes) is 2. The smallest absolute Gasteiger partial charge is 0.151 e. The van der Waals surface area contributed by atoms with Crippen LogP contribution in [0.2, 0.25) is 0 Å². The Hall–Kier alpha value is -1.15. The van der Waals surface area contributed by atoms with Crippen LogP contribution < -0.4 is 0 Å². The summed E-state index contributed by atoms with van der Waals surface area (Å²) in [5.41, 5.74) is 1.12. The predicted octanol–water partition coefficient (Wildman–Crippen LogP) is 3.70. The van der Waals surface area contributed by atoms with E-state index in [9.17, 15) is 4.79 Å². The van der Waals surface area contributed by atoms with Gasteiger partial charge >= 0.3 is 0 Å². The first kappa shape index (κ1) is 15.9. The van der Waals surface area contributed by atoms with E-state index in [2.05, 4.69) is 18.7 Å². The maximum absolute atomic E-state index is 12.1.